The molecule has 5 nitrogen and oxygen atoms in total. The fourth-order valence-corrected chi connectivity index (χ4v) is 2.77. The van der Waals surface area contributed by atoms with E-state index in [1.807, 2.05) is 19.1 Å². The lowest BCUT2D eigenvalue weighted by Crippen LogP contribution is -2.21. The molecule has 0 aliphatic heterocycles. The monoisotopic (exact) mass is 401 g/mol. The number of benzene rings is 2. The van der Waals surface area contributed by atoms with Gasteiger partial charge in [0.05, 0.1) is 6.42 Å². The van der Waals surface area contributed by atoms with Crippen LogP contribution in [-0.2, 0) is 20.7 Å². The first-order valence-electron chi connectivity index (χ1n) is 9.22. The van der Waals surface area contributed by atoms with Gasteiger partial charge in [-0.3, -0.25) is 14.4 Å². The molecule has 2 aromatic rings. The number of esters is 1. The highest BCUT2D eigenvalue weighted by molar-refractivity contribution is 6.31. The summed E-state index contributed by atoms with van der Waals surface area (Å²) >= 11 is 6.00. The normalized spacial score (nSPS) is 10.4. The molecule has 2 aromatic carbocycles. The summed E-state index contributed by atoms with van der Waals surface area (Å²) < 4.78 is 4.93. The molecule has 0 fully saturated rings. The molecule has 2 rings (SSSR count). The maximum absolute atomic E-state index is 12.2. The van der Waals surface area contributed by atoms with E-state index in [1.54, 1.807) is 30.3 Å². The Kier molecular flexibility index (Phi) is 8.20. The molecule has 0 heterocycles. The van der Waals surface area contributed by atoms with Crippen molar-refractivity contribution < 1.29 is 19.1 Å². The first-order chi connectivity index (χ1) is 13.4. The molecule has 1 N–H and O–H groups in total. The van der Waals surface area contributed by atoms with Crippen LogP contribution in [0.3, 0.4) is 0 Å². The number of rotatable bonds is 9. The van der Waals surface area contributed by atoms with Crippen molar-refractivity contribution in [2.45, 2.75) is 39.5 Å². The Bertz CT molecular complexity index is 846. The van der Waals surface area contributed by atoms with E-state index < -0.39 is 18.5 Å². The molecule has 0 bridgehead atoms. The van der Waals surface area contributed by atoms with Gasteiger partial charge in [-0.2, -0.15) is 0 Å². The Hall–Kier alpha value is -2.66. The molecule has 0 spiro atoms. The molecule has 6 heteroatoms. The summed E-state index contributed by atoms with van der Waals surface area (Å²) in [5, 5.41) is 3.14. The van der Waals surface area contributed by atoms with Crippen molar-refractivity contribution in [1.82, 2.24) is 0 Å². The van der Waals surface area contributed by atoms with Crippen LogP contribution in [0.25, 0.3) is 0 Å². The second-order valence-corrected chi connectivity index (χ2v) is 6.95. The number of halogens is 1. The lowest BCUT2D eigenvalue weighted by molar-refractivity contribution is -0.147. The second-order valence-electron chi connectivity index (χ2n) is 6.54. The van der Waals surface area contributed by atoms with Crippen molar-refractivity contribution >= 4 is 34.9 Å². The molecule has 0 radical (unpaired) electrons. The van der Waals surface area contributed by atoms with Gasteiger partial charge in [-0.25, -0.2) is 0 Å². The number of Topliss-reactive ketones (excluding diaryl/α,β-unsaturated/α-hetero) is 1. The average Bonchev–Trinajstić information content (AvgIpc) is 2.68. The Labute approximate surface area is 170 Å². The fraction of sp³-hybridized carbons (Fsp3) is 0.318. The van der Waals surface area contributed by atoms with Gasteiger partial charge >= 0.3 is 5.97 Å². The Morgan fingerprint density at radius 1 is 1.04 bits per heavy atom. The topological polar surface area (TPSA) is 72.5 Å². The molecule has 0 aromatic heterocycles. The number of carbonyl (C=O) groups excluding carboxylic acids is 3. The standard InChI is InChI=1S/C22H24ClNO4/c1-3-4-16-6-8-17(9-7-16)20(25)11-12-22(27)28-14-21(26)24-18-10-5-15(2)19(23)13-18/h5-10,13H,3-4,11-12,14H2,1-2H3,(H,24,26). The quantitative estimate of drug-likeness (QED) is 0.486. The van der Waals surface area contributed by atoms with E-state index >= 15 is 0 Å². The first kappa shape index (κ1) is 21.6. The molecule has 0 aliphatic carbocycles. The third kappa shape index (κ3) is 6.82. The summed E-state index contributed by atoms with van der Waals surface area (Å²) in [6.45, 7) is 3.54. The number of nitrogens with one attached hydrogen (secondary N) is 1. The molecule has 0 unspecified atom stereocenters. The summed E-state index contributed by atoms with van der Waals surface area (Å²) in [6.07, 6.45) is 1.99. The third-order valence-corrected chi connectivity index (χ3v) is 4.60. The smallest absolute Gasteiger partial charge is 0.306 e. The zero-order valence-corrected chi connectivity index (χ0v) is 16.8. The van der Waals surface area contributed by atoms with Gasteiger partial charge in [0, 0.05) is 22.7 Å². The van der Waals surface area contributed by atoms with Crippen molar-refractivity contribution in [2.24, 2.45) is 0 Å². The molecule has 148 valence electrons. The van der Waals surface area contributed by atoms with Gasteiger partial charge in [0.2, 0.25) is 0 Å². The van der Waals surface area contributed by atoms with Gasteiger partial charge in [-0.05, 0) is 36.6 Å². The number of anilines is 1. The molecular formula is C22H24ClNO4. The van der Waals surface area contributed by atoms with Gasteiger partial charge in [-0.15, -0.1) is 0 Å². The van der Waals surface area contributed by atoms with Crippen LogP contribution in [0.2, 0.25) is 5.02 Å². The lowest BCUT2D eigenvalue weighted by Gasteiger charge is -2.08. The number of ketones is 1. The van der Waals surface area contributed by atoms with E-state index in [1.165, 1.54) is 5.56 Å². The maximum atomic E-state index is 12.2. The molecule has 1 amide bonds. The zero-order valence-electron chi connectivity index (χ0n) is 16.1. The van der Waals surface area contributed by atoms with E-state index in [2.05, 4.69) is 12.2 Å². The van der Waals surface area contributed by atoms with Crippen molar-refractivity contribution in [1.29, 1.82) is 0 Å². The number of carbonyl (C=O) groups is 3. The minimum atomic E-state index is -0.590. The van der Waals surface area contributed by atoms with Crippen molar-refractivity contribution in [3.63, 3.8) is 0 Å². The predicted octanol–water partition coefficient (Wildman–Crippen LogP) is 4.75. The van der Waals surface area contributed by atoms with Crippen LogP contribution < -0.4 is 5.32 Å². The molecule has 0 aliphatic rings. The molecule has 28 heavy (non-hydrogen) atoms. The zero-order chi connectivity index (χ0) is 20.5. The van der Waals surface area contributed by atoms with Crippen LogP contribution in [-0.4, -0.2) is 24.3 Å². The van der Waals surface area contributed by atoms with Crippen LogP contribution in [0, 0.1) is 6.92 Å². The number of hydrogen-bond acceptors (Lipinski definition) is 4. The van der Waals surface area contributed by atoms with Crippen LogP contribution in [0.5, 0.6) is 0 Å². The van der Waals surface area contributed by atoms with Crippen molar-refractivity contribution in [3.8, 4) is 0 Å². The van der Waals surface area contributed by atoms with Crippen LogP contribution in [0.15, 0.2) is 42.5 Å². The first-order valence-corrected chi connectivity index (χ1v) is 9.60. The summed E-state index contributed by atoms with van der Waals surface area (Å²) in [5.74, 6) is -1.18. The number of hydrogen-bond donors (Lipinski definition) is 1. The van der Waals surface area contributed by atoms with E-state index in [-0.39, 0.29) is 18.6 Å². The van der Waals surface area contributed by atoms with Gasteiger partial charge in [-0.1, -0.05) is 55.3 Å². The molecule has 0 saturated carbocycles. The van der Waals surface area contributed by atoms with Crippen LogP contribution in [0.1, 0.15) is 47.7 Å². The minimum Gasteiger partial charge on any atom is -0.456 e. The summed E-state index contributed by atoms with van der Waals surface area (Å²) in [4.78, 5) is 35.8. The second kappa shape index (κ2) is 10.6. The van der Waals surface area contributed by atoms with Crippen LogP contribution in [0.4, 0.5) is 5.69 Å². The number of amides is 1. The molecule has 0 saturated heterocycles. The van der Waals surface area contributed by atoms with Gasteiger partial charge in [0.25, 0.3) is 5.91 Å². The van der Waals surface area contributed by atoms with E-state index in [9.17, 15) is 14.4 Å². The average molecular weight is 402 g/mol. The summed E-state index contributed by atoms with van der Waals surface area (Å²) in [5.41, 5.74) is 3.18. The van der Waals surface area contributed by atoms with Crippen LogP contribution >= 0.6 is 11.6 Å². The summed E-state index contributed by atoms with van der Waals surface area (Å²) in [7, 11) is 0. The van der Waals surface area contributed by atoms with Gasteiger partial charge in [0.1, 0.15) is 0 Å². The SMILES string of the molecule is CCCc1ccc(C(=O)CCC(=O)OCC(=O)Nc2ccc(C)c(Cl)c2)cc1. The minimum absolute atomic E-state index is 0.0428. The van der Waals surface area contributed by atoms with Gasteiger partial charge in [0.15, 0.2) is 12.4 Å². The van der Waals surface area contributed by atoms with Crippen molar-refractivity contribution in [3.05, 3.63) is 64.2 Å². The number of aryl methyl sites for hydroxylation is 2. The van der Waals surface area contributed by atoms with E-state index in [0.29, 0.717) is 16.3 Å². The van der Waals surface area contributed by atoms with E-state index in [0.717, 1.165) is 18.4 Å². The van der Waals surface area contributed by atoms with Crippen molar-refractivity contribution in [2.75, 3.05) is 11.9 Å². The maximum Gasteiger partial charge on any atom is 0.306 e. The highest BCUT2D eigenvalue weighted by Gasteiger charge is 2.12. The lowest BCUT2D eigenvalue weighted by atomic mass is 10.0. The third-order valence-electron chi connectivity index (χ3n) is 4.19. The summed E-state index contributed by atoms with van der Waals surface area (Å²) in [6, 6.07) is 12.5. The molecular weight excluding hydrogens is 378 g/mol. The Balaban J connectivity index is 1.73. The fourth-order valence-electron chi connectivity index (χ4n) is 2.59. The highest BCUT2D eigenvalue weighted by atomic mass is 35.5. The Morgan fingerprint density at radius 3 is 2.39 bits per heavy atom. The molecule has 0 atom stereocenters. The highest BCUT2D eigenvalue weighted by Crippen LogP contribution is 2.19. The largest absolute Gasteiger partial charge is 0.456 e. The van der Waals surface area contributed by atoms with E-state index in [4.69, 9.17) is 16.3 Å². The number of ether oxygens (including phenoxy) is 1. The predicted molar refractivity (Wildman–Crippen MR) is 110 cm³/mol. The van der Waals surface area contributed by atoms with Gasteiger partial charge < -0.3 is 10.1 Å². The Morgan fingerprint density at radius 2 is 1.75 bits per heavy atom.